The van der Waals surface area contributed by atoms with Crippen LogP contribution >= 0.6 is 0 Å². The van der Waals surface area contributed by atoms with E-state index in [9.17, 15) is 14.3 Å². The number of hydrogen-bond donors (Lipinski definition) is 3. The van der Waals surface area contributed by atoms with E-state index in [1.54, 1.807) is 25.1 Å². The number of aromatic nitrogens is 4. The molecule has 29 heavy (non-hydrogen) atoms. The molecule has 3 N–H and O–H groups in total. The number of aryl methyl sites for hydroxylation is 2. The zero-order valence-electron chi connectivity index (χ0n) is 15.8. The first kappa shape index (κ1) is 18.5. The van der Waals surface area contributed by atoms with Gasteiger partial charge in [0.15, 0.2) is 5.82 Å². The predicted octanol–water partition coefficient (Wildman–Crippen LogP) is 4.09. The molecular formula is C21H18FN5O2. The van der Waals surface area contributed by atoms with Gasteiger partial charge in [0.1, 0.15) is 11.6 Å². The first-order valence-corrected chi connectivity index (χ1v) is 8.98. The van der Waals surface area contributed by atoms with Gasteiger partial charge in [-0.15, -0.1) is 0 Å². The van der Waals surface area contributed by atoms with Crippen molar-refractivity contribution in [3.05, 3.63) is 70.9 Å². The molecule has 0 radical (unpaired) electrons. The second-order valence-corrected chi connectivity index (χ2v) is 6.67. The Kier molecular flexibility index (Phi) is 4.67. The third-order valence-corrected chi connectivity index (χ3v) is 4.56. The normalized spacial score (nSPS) is 11.0. The summed E-state index contributed by atoms with van der Waals surface area (Å²) in [6, 6.07) is 11.4. The number of carboxylic acids is 1. The average molecular weight is 391 g/mol. The third-order valence-electron chi connectivity index (χ3n) is 4.56. The van der Waals surface area contributed by atoms with Crippen molar-refractivity contribution in [2.45, 2.75) is 20.4 Å². The fourth-order valence-corrected chi connectivity index (χ4v) is 3.31. The van der Waals surface area contributed by atoms with Gasteiger partial charge in [-0.25, -0.2) is 14.2 Å². The standard InChI is InChI=1S/C21H18FN5O2/c1-11-17(15-7-4-8-16(20(28)29)18(15)24-11)19-25-12(2)26-21(27-19)23-10-13-5-3-6-14(22)9-13/h3-9,24H,10H2,1-2H3,(H,28,29)(H,23,25,26,27). The number of halogens is 1. The molecule has 0 bridgehead atoms. The maximum absolute atomic E-state index is 13.4. The van der Waals surface area contributed by atoms with Gasteiger partial charge in [-0.1, -0.05) is 24.3 Å². The second kappa shape index (κ2) is 7.31. The Morgan fingerprint density at radius 2 is 1.93 bits per heavy atom. The molecule has 0 fully saturated rings. The van der Waals surface area contributed by atoms with E-state index in [0.29, 0.717) is 29.7 Å². The summed E-state index contributed by atoms with van der Waals surface area (Å²) < 4.78 is 13.4. The highest BCUT2D eigenvalue weighted by atomic mass is 19.1. The largest absolute Gasteiger partial charge is 0.478 e. The minimum absolute atomic E-state index is 0.187. The number of fused-ring (bicyclic) bond motifs is 1. The number of nitrogens with one attached hydrogen (secondary N) is 2. The topological polar surface area (TPSA) is 104 Å². The van der Waals surface area contributed by atoms with Gasteiger partial charge < -0.3 is 15.4 Å². The Labute approximate surface area is 165 Å². The summed E-state index contributed by atoms with van der Waals surface area (Å²) in [5, 5.41) is 13.3. The Balaban J connectivity index is 1.73. The van der Waals surface area contributed by atoms with E-state index in [2.05, 4.69) is 25.3 Å². The number of hydrogen-bond acceptors (Lipinski definition) is 5. The Hall–Kier alpha value is -3.81. The van der Waals surface area contributed by atoms with Crippen molar-refractivity contribution >= 4 is 22.8 Å². The van der Waals surface area contributed by atoms with Gasteiger partial charge >= 0.3 is 5.97 Å². The van der Waals surface area contributed by atoms with Crippen molar-refractivity contribution in [2.24, 2.45) is 0 Å². The van der Waals surface area contributed by atoms with Gasteiger partial charge in [0.05, 0.1) is 11.1 Å². The number of anilines is 1. The summed E-state index contributed by atoms with van der Waals surface area (Å²) in [6.07, 6.45) is 0. The molecule has 0 unspecified atom stereocenters. The van der Waals surface area contributed by atoms with E-state index in [1.807, 2.05) is 19.1 Å². The summed E-state index contributed by atoms with van der Waals surface area (Å²) in [4.78, 5) is 27.9. The van der Waals surface area contributed by atoms with Gasteiger partial charge in [-0.3, -0.25) is 0 Å². The monoisotopic (exact) mass is 391 g/mol. The lowest BCUT2D eigenvalue weighted by Gasteiger charge is -2.08. The van der Waals surface area contributed by atoms with Crippen LogP contribution in [0.25, 0.3) is 22.3 Å². The highest BCUT2D eigenvalue weighted by Crippen LogP contribution is 2.32. The van der Waals surface area contributed by atoms with Crippen LogP contribution in [0.5, 0.6) is 0 Å². The van der Waals surface area contributed by atoms with Crippen molar-refractivity contribution in [3.8, 4) is 11.4 Å². The third kappa shape index (κ3) is 3.64. The molecule has 146 valence electrons. The SMILES string of the molecule is Cc1nc(NCc2cccc(F)c2)nc(-c2c(C)[nH]c3c(C(=O)O)cccc23)n1. The van der Waals surface area contributed by atoms with Gasteiger partial charge in [-0.05, 0) is 37.6 Å². The van der Waals surface area contributed by atoms with Crippen LogP contribution in [0.1, 0.15) is 27.4 Å². The quantitative estimate of drug-likeness (QED) is 0.473. The molecule has 0 aliphatic heterocycles. The number of rotatable bonds is 5. The average Bonchev–Trinajstić information content (AvgIpc) is 3.01. The summed E-state index contributed by atoms with van der Waals surface area (Å²) in [7, 11) is 0. The van der Waals surface area contributed by atoms with Crippen LogP contribution in [0, 0.1) is 19.7 Å². The molecule has 8 heteroatoms. The molecule has 0 aliphatic rings. The van der Waals surface area contributed by atoms with Crippen LogP contribution in [-0.4, -0.2) is 31.0 Å². The fraction of sp³-hybridized carbons (Fsp3) is 0.143. The molecule has 0 saturated heterocycles. The summed E-state index contributed by atoms with van der Waals surface area (Å²) in [5.41, 5.74) is 2.96. The lowest BCUT2D eigenvalue weighted by Crippen LogP contribution is -2.07. The van der Waals surface area contributed by atoms with Crippen molar-refractivity contribution in [1.29, 1.82) is 0 Å². The maximum Gasteiger partial charge on any atom is 0.337 e. The molecule has 2 aromatic heterocycles. The van der Waals surface area contributed by atoms with E-state index >= 15 is 0 Å². The number of aromatic amines is 1. The van der Waals surface area contributed by atoms with Crippen molar-refractivity contribution in [2.75, 3.05) is 5.32 Å². The van der Waals surface area contributed by atoms with E-state index in [0.717, 1.165) is 22.2 Å². The van der Waals surface area contributed by atoms with E-state index in [1.165, 1.54) is 12.1 Å². The molecule has 2 aromatic carbocycles. The Morgan fingerprint density at radius 1 is 1.14 bits per heavy atom. The highest BCUT2D eigenvalue weighted by molar-refractivity contribution is 6.07. The molecule has 0 aliphatic carbocycles. The summed E-state index contributed by atoms with van der Waals surface area (Å²) >= 11 is 0. The Bertz CT molecular complexity index is 1240. The van der Waals surface area contributed by atoms with Gasteiger partial charge in [0.25, 0.3) is 0 Å². The minimum atomic E-state index is -1.01. The lowest BCUT2D eigenvalue weighted by atomic mass is 10.1. The van der Waals surface area contributed by atoms with Crippen molar-refractivity contribution in [3.63, 3.8) is 0 Å². The van der Waals surface area contributed by atoms with E-state index in [4.69, 9.17) is 0 Å². The molecule has 7 nitrogen and oxygen atoms in total. The number of H-pyrrole nitrogens is 1. The van der Waals surface area contributed by atoms with Gasteiger partial charge in [0.2, 0.25) is 5.95 Å². The van der Waals surface area contributed by atoms with Crippen molar-refractivity contribution < 1.29 is 14.3 Å². The first-order valence-electron chi connectivity index (χ1n) is 8.98. The van der Waals surface area contributed by atoms with Crippen LogP contribution in [0.15, 0.2) is 42.5 Å². The van der Waals surface area contributed by atoms with Crippen LogP contribution in [-0.2, 0) is 6.54 Å². The molecular weight excluding hydrogens is 373 g/mol. The molecule has 0 spiro atoms. The maximum atomic E-state index is 13.4. The Morgan fingerprint density at radius 3 is 2.69 bits per heavy atom. The molecule has 4 aromatic rings. The fourth-order valence-electron chi connectivity index (χ4n) is 3.31. The molecule has 0 amide bonds. The highest BCUT2D eigenvalue weighted by Gasteiger charge is 2.19. The van der Waals surface area contributed by atoms with E-state index in [-0.39, 0.29) is 11.4 Å². The number of aromatic carboxylic acids is 1. The minimum Gasteiger partial charge on any atom is -0.478 e. The van der Waals surface area contributed by atoms with Gasteiger partial charge in [0, 0.05) is 23.2 Å². The van der Waals surface area contributed by atoms with Crippen LogP contribution in [0.2, 0.25) is 0 Å². The summed E-state index contributed by atoms with van der Waals surface area (Å²) in [6.45, 7) is 3.96. The number of nitrogens with zero attached hydrogens (tertiary/aromatic N) is 3. The molecule has 0 saturated carbocycles. The van der Waals surface area contributed by atoms with Crippen molar-refractivity contribution in [1.82, 2.24) is 19.9 Å². The first-order chi connectivity index (χ1) is 13.9. The second-order valence-electron chi connectivity index (χ2n) is 6.67. The summed E-state index contributed by atoms with van der Waals surface area (Å²) in [5.74, 6) is -0.00143. The molecule has 4 rings (SSSR count). The zero-order valence-corrected chi connectivity index (χ0v) is 15.8. The molecule has 0 atom stereocenters. The molecule has 2 heterocycles. The van der Waals surface area contributed by atoms with E-state index < -0.39 is 5.97 Å². The zero-order chi connectivity index (χ0) is 20.5. The predicted molar refractivity (Wildman–Crippen MR) is 107 cm³/mol. The lowest BCUT2D eigenvalue weighted by molar-refractivity contribution is 0.0699. The number of benzene rings is 2. The van der Waals surface area contributed by atoms with Crippen LogP contribution in [0.3, 0.4) is 0 Å². The van der Waals surface area contributed by atoms with Gasteiger partial charge in [-0.2, -0.15) is 9.97 Å². The number of carbonyl (C=O) groups is 1. The smallest absolute Gasteiger partial charge is 0.337 e. The van der Waals surface area contributed by atoms with Crippen LogP contribution < -0.4 is 5.32 Å². The number of carboxylic acid groups (broad SMARTS) is 1. The van der Waals surface area contributed by atoms with Crippen LogP contribution in [0.4, 0.5) is 10.3 Å². The number of para-hydroxylation sites is 1.